The Balaban J connectivity index is 1.99. The number of rotatable bonds is 5. The molecule has 27 heavy (non-hydrogen) atoms. The molecular weight excluding hydrogens is 397 g/mol. The van der Waals surface area contributed by atoms with Crippen molar-refractivity contribution >= 4 is 23.1 Å². The van der Waals surface area contributed by atoms with Crippen LogP contribution in [0.2, 0.25) is 0 Å². The molecule has 10 heteroatoms. The van der Waals surface area contributed by atoms with Crippen LogP contribution < -0.4 is 0 Å². The van der Waals surface area contributed by atoms with Gasteiger partial charge >= 0.3 is 6.18 Å². The second-order valence-electron chi connectivity index (χ2n) is 5.81. The molecule has 0 saturated heterocycles. The fourth-order valence-electron chi connectivity index (χ4n) is 2.20. The van der Waals surface area contributed by atoms with Gasteiger partial charge in [0, 0.05) is 5.92 Å². The van der Waals surface area contributed by atoms with Gasteiger partial charge in [-0.1, -0.05) is 36.8 Å². The number of halogens is 3. The van der Waals surface area contributed by atoms with Crippen molar-refractivity contribution < 1.29 is 17.7 Å². The van der Waals surface area contributed by atoms with E-state index in [1.165, 1.54) is 11.3 Å². The topological polar surface area (TPSA) is 75.6 Å². The normalized spacial score (nSPS) is 11.7. The molecule has 0 aliphatic rings. The number of nitriles is 1. The highest BCUT2D eigenvalue weighted by atomic mass is 32.2. The second-order valence-corrected chi connectivity index (χ2v) is 7.72. The molecule has 3 rings (SSSR count). The Bertz CT molecular complexity index is 975. The van der Waals surface area contributed by atoms with Gasteiger partial charge in [-0.3, -0.25) is 0 Å². The van der Waals surface area contributed by atoms with Crippen molar-refractivity contribution in [3.63, 3.8) is 0 Å². The van der Waals surface area contributed by atoms with E-state index in [9.17, 15) is 18.4 Å². The van der Waals surface area contributed by atoms with Gasteiger partial charge in [-0.05, 0) is 17.5 Å². The van der Waals surface area contributed by atoms with Crippen molar-refractivity contribution in [2.24, 2.45) is 0 Å². The first-order valence-corrected chi connectivity index (χ1v) is 9.67. The molecule has 0 spiro atoms. The fourth-order valence-corrected chi connectivity index (χ4v) is 3.73. The first-order valence-electron chi connectivity index (χ1n) is 7.81. The van der Waals surface area contributed by atoms with Crippen LogP contribution in [0.1, 0.15) is 42.6 Å². The smallest absolute Gasteiger partial charge is 0.338 e. The lowest BCUT2D eigenvalue weighted by Crippen LogP contribution is -2.10. The van der Waals surface area contributed by atoms with Crippen molar-refractivity contribution in [1.82, 2.24) is 15.1 Å². The Morgan fingerprint density at radius 2 is 2.11 bits per heavy atom. The molecule has 0 aliphatic heterocycles. The molecular formula is C17H13F3N4OS2. The van der Waals surface area contributed by atoms with Crippen molar-refractivity contribution in [3.05, 3.63) is 46.4 Å². The minimum atomic E-state index is -4.66. The number of nitrogens with zero attached hydrogens (tertiary/aromatic N) is 4. The van der Waals surface area contributed by atoms with Gasteiger partial charge in [0.25, 0.3) is 0 Å². The molecule has 0 aromatic carbocycles. The van der Waals surface area contributed by atoms with Gasteiger partial charge in [-0.25, -0.2) is 4.98 Å². The maximum absolute atomic E-state index is 13.5. The zero-order valence-corrected chi connectivity index (χ0v) is 15.9. The molecule has 140 valence electrons. The van der Waals surface area contributed by atoms with Crippen LogP contribution in [0.25, 0.3) is 10.6 Å². The van der Waals surface area contributed by atoms with Crippen LogP contribution in [0.5, 0.6) is 0 Å². The lowest BCUT2D eigenvalue weighted by Gasteiger charge is -2.13. The van der Waals surface area contributed by atoms with Crippen LogP contribution in [-0.4, -0.2) is 15.1 Å². The third-order valence-corrected chi connectivity index (χ3v) is 5.36. The number of hydrogen-bond acceptors (Lipinski definition) is 7. The first kappa shape index (κ1) is 19.4. The summed E-state index contributed by atoms with van der Waals surface area (Å²) in [4.78, 5) is 9.06. The van der Waals surface area contributed by atoms with Crippen molar-refractivity contribution in [3.8, 4) is 16.6 Å². The molecule has 0 unspecified atom stereocenters. The van der Waals surface area contributed by atoms with Gasteiger partial charge in [0.15, 0.2) is 5.82 Å². The fraction of sp³-hybridized carbons (Fsp3) is 0.294. The van der Waals surface area contributed by atoms with Gasteiger partial charge in [-0.15, -0.1) is 11.3 Å². The second kappa shape index (κ2) is 7.70. The number of thiophene rings is 1. The van der Waals surface area contributed by atoms with Crippen LogP contribution in [-0.2, 0) is 11.9 Å². The van der Waals surface area contributed by atoms with Crippen LogP contribution >= 0.6 is 23.1 Å². The number of hydrogen-bond donors (Lipinski definition) is 0. The van der Waals surface area contributed by atoms with Gasteiger partial charge in [0.1, 0.15) is 11.1 Å². The van der Waals surface area contributed by atoms with Gasteiger partial charge < -0.3 is 4.52 Å². The molecule has 0 aliphatic carbocycles. The third kappa shape index (κ3) is 4.31. The van der Waals surface area contributed by atoms with E-state index < -0.39 is 17.3 Å². The van der Waals surface area contributed by atoms with Crippen molar-refractivity contribution in [2.45, 2.75) is 36.7 Å². The van der Waals surface area contributed by atoms with Crippen LogP contribution in [0, 0.1) is 11.3 Å². The summed E-state index contributed by atoms with van der Waals surface area (Å²) in [6.45, 7) is 3.80. The standard InChI is InChI=1S/C17H13F3N4OS2/c1-9(2)15-23-14(25-24-15)8-27-16-10(7-21)11(17(18,19)20)6-12(22-16)13-4-3-5-26-13/h3-6,9H,8H2,1-2H3. The van der Waals surface area contributed by atoms with E-state index in [-0.39, 0.29) is 28.3 Å². The predicted molar refractivity (Wildman–Crippen MR) is 95.2 cm³/mol. The molecule has 0 radical (unpaired) electrons. The first-order chi connectivity index (χ1) is 12.8. The number of alkyl halides is 3. The van der Waals surface area contributed by atoms with E-state index in [1.54, 1.807) is 23.6 Å². The van der Waals surface area contributed by atoms with Gasteiger partial charge in [0.05, 0.1) is 27.5 Å². The molecule has 3 aromatic heterocycles. The predicted octanol–water partition coefficient (Wildman–Crippen LogP) is 5.50. The molecule has 3 aromatic rings. The zero-order valence-electron chi connectivity index (χ0n) is 14.2. The summed E-state index contributed by atoms with van der Waals surface area (Å²) in [7, 11) is 0. The molecule has 5 nitrogen and oxygen atoms in total. The summed E-state index contributed by atoms with van der Waals surface area (Å²) in [6, 6.07) is 5.96. The summed E-state index contributed by atoms with van der Waals surface area (Å²) in [6.07, 6.45) is -4.66. The SMILES string of the molecule is CC(C)c1noc(CSc2nc(-c3cccs3)cc(C(F)(F)F)c2C#N)n1. The molecule has 0 amide bonds. The van der Waals surface area contributed by atoms with Crippen molar-refractivity contribution in [2.75, 3.05) is 0 Å². The maximum atomic E-state index is 13.5. The lowest BCUT2D eigenvalue weighted by molar-refractivity contribution is -0.138. The molecule has 0 bridgehead atoms. The molecule has 0 fully saturated rings. The van der Waals surface area contributed by atoms with E-state index >= 15 is 0 Å². The number of thioether (sulfide) groups is 1. The van der Waals surface area contributed by atoms with E-state index in [1.807, 2.05) is 13.8 Å². The number of aromatic nitrogens is 3. The van der Waals surface area contributed by atoms with E-state index in [0.29, 0.717) is 10.7 Å². The Kier molecular flexibility index (Phi) is 5.53. The Hall–Kier alpha value is -2.38. The average Bonchev–Trinajstić information content (AvgIpc) is 3.30. The minimum Gasteiger partial charge on any atom is -0.338 e. The Morgan fingerprint density at radius 3 is 2.67 bits per heavy atom. The number of pyridine rings is 1. The Morgan fingerprint density at radius 1 is 1.33 bits per heavy atom. The summed E-state index contributed by atoms with van der Waals surface area (Å²) >= 11 is 2.24. The Labute approximate surface area is 161 Å². The largest absolute Gasteiger partial charge is 0.417 e. The summed E-state index contributed by atoms with van der Waals surface area (Å²) < 4.78 is 45.5. The van der Waals surface area contributed by atoms with E-state index in [0.717, 1.165) is 17.8 Å². The van der Waals surface area contributed by atoms with Gasteiger partial charge in [0.2, 0.25) is 5.89 Å². The monoisotopic (exact) mass is 410 g/mol. The quantitative estimate of drug-likeness (QED) is 0.517. The zero-order chi connectivity index (χ0) is 19.6. The minimum absolute atomic E-state index is 0.0139. The average molecular weight is 410 g/mol. The highest BCUT2D eigenvalue weighted by molar-refractivity contribution is 7.98. The molecule has 0 saturated carbocycles. The lowest BCUT2D eigenvalue weighted by atomic mass is 10.1. The highest BCUT2D eigenvalue weighted by Gasteiger charge is 2.36. The van der Waals surface area contributed by atoms with Gasteiger partial charge in [-0.2, -0.15) is 23.4 Å². The highest BCUT2D eigenvalue weighted by Crippen LogP contribution is 2.39. The third-order valence-electron chi connectivity index (χ3n) is 3.51. The summed E-state index contributed by atoms with van der Waals surface area (Å²) in [5.74, 6) is 0.971. The van der Waals surface area contributed by atoms with Crippen LogP contribution in [0.15, 0.2) is 33.1 Å². The summed E-state index contributed by atoms with van der Waals surface area (Å²) in [5.41, 5.74) is -1.33. The van der Waals surface area contributed by atoms with E-state index in [4.69, 9.17) is 4.52 Å². The molecule has 0 atom stereocenters. The molecule has 0 N–H and O–H groups in total. The summed E-state index contributed by atoms with van der Waals surface area (Å²) in [5, 5.41) is 14.9. The van der Waals surface area contributed by atoms with E-state index in [2.05, 4.69) is 15.1 Å². The van der Waals surface area contributed by atoms with Crippen molar-refractivity contribution in [1.29, 1.82) is 5.26 Å². The van der Waals surface area contributed by atoms with Crippen LogP contribution in [0.4, 0.5) is 13.2 Å². The molecule has 3 heterocycles. The van der Waals surface area contributed by atoms with Crippen LogP contribution in [0.3, 0.4) is 0 Å². The maximum Gasteiger partial charge on any atom is 0.417 e.